The van der Waals surface area contributed by atoms with Crippen molar-refractivity contribution >= 4 is 41.6 Å². The first-order valence-electron chi connectivity index (χ1n) is 17.5. The number of hydrogen-bond acceptors (Lipinski definition) is 8. The Morgan fingerprint density at radius 2 is 1.19 bits per heavy atom. The van der Waals surface area contributed by atoms with Crippen molar-refractivity contribution in [3.8, 4) is 11.1 Å². The Hall–Kier alpha value is -5.47. The molecule has 6 amide bonds. The zero-order valence-corrected chi connectivity index (χ0v) is 31.9. The van der Waals surface area contributed by atoms with E-state index in [4.69, 9.17) is 9.84 Å². The zero-order chi connectivity index (χ0) is 39.7. The van der Waals surface area contributed by atoms with Gasteiger partial charge in [-0.2, -0.15) is 0 Å². The van der Waals surface area contributed by atoms with Crippen LogP contribution in [-0.4, -0.2) is 138 Å². The molecule has 53 heavy (non-hydrogen) atoms. The molecule has 15 nitrogen and oxygen atoms in total. The van der Waals surface area contributed by atoms with Crippen LogP contribution in [0, 0.1) is 5.92 Å². The van der Waals surface area contributed by atoms with Gasteiger partial charge in [0.25, 0.3) is 0 Å². The third-order valence-corrected chi connectivity index (χ3v) is 9.49. The lowest BCUT2D eigenvalue weighted by Gasteiger charge is -2.31. The molecule has 4 atom stereocenters. The van der Waals surface area contributed by atoms with E-state index in [0.717, 1.165) is 37.0 Å². The number of hydrogen-bond donors (Lipinski definition) is 3. The fourth-order valence-electron chi connectivity index (χ4n) is 6.07. The van der Waals surface area contributed by atoms with E-state index in [1.54, 1.807) is 0 Å². The molecule has 3 N–H and O–H groups in total. The van der Waals surface area contributed by atoms with Crippen molar-refractivity contribution in [2.75, 3.05) is 47.9 Å². The summed E-state index contributed by atoms with van der Waals surface area (Å²) in [5.41, 5.74) is 4.29. The summed E-state index contributed by atoms with van der Waals surface area (Å²) in [4.78, 5) is 93.9. The van der Waals surface area contributed by atoms with Gasteiger partial charge in [-0.3, -0.25) is 33.7 Å². The highest BCUT2D eigenvalue weighted by Gasteiger charge is 2.34. The number of amides is 6. The zero-order valence-electron chi connectivity index (χ0n) is 31.9. The first-order chi connectivity index (χ1) is 24.8. The van der Waals surface area contributed by atoms with Gasteiger partial charge in [-0.25, -0.2) is 4.79 Å². The van der Waals surface area contributed by atoms with Gasteiger partial charge in [-0.05, 0) is 55.4 Å². The van der Waals surface area contributed by atoms with Gasteiger partial charge in [0, 0.05) is 34.1 Å². The average Bonchev–Trinajstić information content (AvgIpc) is 3.44. The molecule has 2 aromatic carbocycles. The van der Waals surface area contributed by atoms with Crippen LogP contribution < -0.4 is 10.6 Å². The molecule has 0 spiro atoms. The smallest absolute Gasteiger partial charge is 0.410 e. The van der Waals surface area contributed by atoms with E-state index < -0.39 is 78.9 Å². The number of fused-ring (bicyclic) bond motifs is 3. The molecule has 3 rings (SSSR count). The molecule has 0 saturated heterocycles. The topological polar surface area (TPSA) is 186 Å². The summed E-state index contributed by atoms with van der Waals surface area (Å²) in [5.74, 6) is -4.36. The van der Waals surface area contributed by atoms with Gasteiger partial charge >= 0.3 is 12.1 Å². The highest BCUT2D eigenvalue weighted by Crippen LogP contribution is 2.44. The molecule has 0 fully saturated rings. The van der Waals surface area contributed by atoms with Crippen molar-refractivity contribution in [3.05, 3.63) is 59.7 Å². The van der Waals surface area contributed by atoms with E-state index >= 15 is 0 Å². The van der Waals surface area contributed by atoms with Crippen molar-refractivity contribution < 1.29 is 43.4 Å². The van der Waals surface area contributed by atoms with Crippen LogP contribution in [0.15, 0.2) is 48.5 Å². The summed E-state index contributed by atoms with van der Waals surface area (Å²) in [7, 11) is 5.53. The highest BCUT2D eigenvalue weighted by molar-refractivity contribution is 5.95. The SMILES string of the molecule is CC(C)C[C@H](NC(=O)[C@H](C)N(C)C(=O)OCC1c2ccccc2-c2ccccc21)C(=O)N(C)CC(=O)N(C)[C@@H](C)C(=O)N[C@@H](C)C(=O)N(C)CC(=O)O. The van der Waals surface area contributed by atoms with Crippen LogP contribution >= 0.6 is 0 Å². The number of carboxylic acids is 1. The van der Waals surface area contributed by atoms with Gasteiger partial charge in [0.15, 0.2) is 0 Å². The maximum absolute atomic E-state index is 13.6. The van der Waals surface area contributed by atoms with Gasteiger partial charge in [-0.1, -0.05) is 62.4 Å². The number of nitrogens with one attached hydrogen (secondary N) is 2. The van der Waals surface area contributed by atoms with Gasteiger partial charge < -0.3 is 35.2 Å². The molecule has 1 aliphatic carbocycles. The number of carboxylic acid groups (broad SMARTS) is 1. The van der Waals surface area contributed by atoms with Crippen LogP contribution in [0.3, 0.4) is 0 Å². The van der Waals surface area contributed by atoms with E-state index in [0.29, 0.717) is 0 Å². The summed E-state index contributed by atoms with van der Waals surface area (Å²) < 4.78 is 5.71. The second-order valence-electron chi connectivity index (χ2n) is 14.0. The van der Waals surface area contributed by atoms with Crippen LogP contribution in [-0.2, 0) is 33.5 Å². The van der Waals surface area contributed by atoms with E-state index in [-0.39, 0.29) is 24.9 Å². The summed E-state index contributed by atoms with van der Waals surface area (Å²) >= 11 is 0. The molecule has 2 aromatic rings. The molecule has 0 unspecified atom stereocenters. The van der Waals surface area contributed by atoms with E-state index in [9.17, 15) is 33.6 Å². The lowest BCUT2D eigenvalue weighted by molar-refractivity contribution is -0.146. The molecule has 0 radical (unpaired) electrons. The maximum atomic E-state index is 13.6. The number of carbonyl (C=O) groups excluding carboxylic acids is 6. The molecule has 1 aliphatic rings. The Labute approximate surface area is 310 Å². The molecule has 15 heteroatoms. The molecule has 0 bridgehead atoms. The quantitative estimate of drug-likeness (QED) is 0.232. The average molecular weight is 737 g/mol. The number of benzene rings is 2. The minimum absolute atomic E-state index is 0.0193. The minimum atomic E-state index is -1.21. The number of rotatable bonds is 16. The largest absolute Gasteiger partial charge is 0.480 e. The monoisotopic (exact) mass is 736 g/mol. The number of nitrogens with zero attached hydrogens (tertiary/aromatic N) is 4. The Morgan fingerprint density at radius 3 is 1.72 bits per heavy atom. The standard InChI is InChI=1S/C38H52N6O9/c1-22(2)18-31(37(51)41(6)19-32(45)43(8)24(4)34(48)39-23(3)36(50)42(7)20-33(46)47)40-35(49)25(5)44(9)38(52)53-21-30-28-16-12-10-14-26(28)27-15-11-13-17-29(27)30/h10-17,22-25,30-31H,18-21H2,1-9H3,(H,39,48)(H,40,49)(H,46,47)/t23-,24-,25-,31-/m0/s1. The normalized spacial score (nSPS) is 14.1. The number of ether oxygens (including phenoxy) is 1. The number of aliphatic carboxylic acids is 1. The van der Waals surface area contributed by atoms with Crippen molar-refractivity contribution in [3.63, 3.8) is 0 Å². The molecule has 288 valence electrons. The van der Waals surface area contributed by atoms with Crippen LogP contribution in [0.25, 0.3) is 11.1 Å². The van der Waals surface area contributed by atoms with Crippen molar-refractivity contribution in [2.24, 2.45) is 5.92 Å². The first kappa shape index (κ1) is 41.9. The molecule has 0 aliphatic heterocycles. The number of carbonyl (C=O) groups is 7. The van der Waals surface area contributed by atoms with Crippen LogP contribution in [0.4, 0.5) is 4.79 Å². The summed E-state index contributed by atoms with van der Waals surface area (Å²) in [6.07, 6.45) is -0.447. The van der Waals surface area contributed by atoms with Gasteiger partial charge in [0.05, 0.1) is 6.54 Å². The van der Waals surface area contributed by atoms with Gasteiger partial charge in [0.1, 0.15) is 37.3 Å². The van der Waals surface area contributed by atoms with Crippen LogP contribution in [0.2, 0.25) is 0 Å². The first-order valence-corrected chi connectivity index (χ1v) is 17.5. The molecular formula is C38H52N6O9. The van der Waals surface area contributed by atoms with Crippen LogP contribution in [0.5, 0.6) is 0 Å². The molecule has 0 heterocycles. The lowest BCUT2D eigenvalue weighted by atomic mass is 9.98. The fraction of sp³-hybridized carbons (Fsp3) is 0.500. The Bertz CT molecular complexity index is 1650. The van der Waals surface area contributed by atoms with Gasteiger partial charge in [0.2, 0.25) is 29.5 Å². The highest BCUT2D eigenvalue weighted by atomic mass is 16.6. The molecule has 0 saturated carbocycles. The summed E-state index contributed by atoms with van der Waals surface area (Å²) in [6.45, 7) is 7.26. The predicted octanol–water partition coefficient (Wildman–Crippen LogP) is 2.14. The minimum Gasteiger partial charge on any atom is -0.480 e. The third kappa shape index (κ3) is 10.5. The van der Waals surface area contributed by atoms with Crippen molar-refractivity contribution in [1.29, 1.82) is 0 Å². The summed E-state index contributed by atoms with van der Waals surface area (Å²) in [5, 5.41) is 14.1. The second-order valence-corrected chi connectivity index (χ2v) is 14.0. The third-order valence-electron chi connectivity index (χ3n) is 9.49. The maximum Gasteiger partial charge on any atom is 0.410 e. The second kappa shape index (κ2) is 18.3. The Morgan fingerprint density at radius 1 is 0.698 bits per heavy atom. The van der Waals surface area contributed by atoms with E-state index in [2.05, 4.69) is 10.6 Å². The van der Waals surface area contributed by atoms with Crippen LogP contribution in [0.1, 0.15) is 58.1 Å². The Kier molecular flexibility index (Phi) is 14.5. The number of likely N-dealkylation sites (N-methyl/N-ethyl adjacent to an activating group) is 4. The lowest BCUT2D eigenvalue weighted by Crippen LogP contribution is -2.56. The van der Waals surface area contributed by atoms with Crippen molar-refractivity contribution in [1.82, 2.24) is 30.2 Å². The predicted molar refractivity (Wildman–Crippen MR) is 196 cm³/mol. The molecular weight excluding hydrogens is 684 g/mol. The summed E-state index contributed by atoms with van der Waals surface area (Å²) in [6, 6.07) is 11.8. The van der Waals surface area contributed by atoms with E-state index in [1.165, 1.54) is 53.9 Å². The fourth-order valence-corrected chi connectivity index (χ4v) is 6.07. The van der Waals surface area contributed by atoms with Crippen molar-refractivity contribution in [2.45, 2.75) is 71.1 Å². The Balaban J connectivity index is 1.58. The van der Waals surface area contributed by atoms with E-state index in [1.807, 2.05) is 62.4 Å². The van der Waals surface area contributed by atoms with Gasteiger partial charge in [-0.15, -0.1) is 0 Å². The molecule has 0 aromatic heterocycles.